The zero-order valence-electron chi connectivity index (χ0n) is 12.6. The number of nitrogens with one attached hydrogen (secondary N) is 2. The average molecular weight is 277 g/mol. The number of likely N-dealkylation sites (N-methyl/N-ethyl adjacent to an activating group) is 1. The highest BCUT2D eigenvalue weighted by atomic mass is 16.2. The molecule has 0 aliphatic rings. The number of carbonyl (C=O) groups excluding carboxylic acids is 2. The number of hydrogen-bond donors (Lipinski definition) is 2. The number of rotatable bonds is 5. The molecule has 110 valence electrons. The maximum absolute atomic E-state index is 12.2. The van der Waals surface area contributed by atoms with E-state index in [1.807, 2.05) is 52.0 Å². The highest BCUT2D eigenvalue weighted by Crippen LogP contribution is 2.15. The maximum atomic E-state index is 12.2. The fraction of sp³-hybridized carbons (Fsp3) is 0.467. The van der Waals surface area contributed by atoms with E-state index in [4.69, 9.17) is 0 Å². The molecule has 1 aromatic rings. The first kappa shape index (κ1) is 16.0. The van der Waals surface area contributed by atoms with E-state index in [0.29, 0.717) is 6.54 Å². The lowest BCUT2D eigenvalue weighted by Crippen LogP contribution is -2.45. The van der Waals surface area contributed by atoms with Crippen LogP contribution in [0.4, 0.5) is 10.5 Å². The van der Waals surface area contributed by atoms with Crippen molar-refractivity contribution < 1.29 is 9.59 Å². The Morgan fingerprint density at radius 3 is 2.55 bits per heavy atom. The van der Waals surface area contributed by atoms with E-state index in [9.17, 15) is 9.59 Å². The largest absolute Gasteiger partial charge is 0.336 e. The molecule has 1 rings (SSSR count). The van der Waals surface area contributed by atoms with E-state index in [1.54, 1.807) is 4.90 Å². The Bertz CT molecular complexity index is 472. The summed E-state index contributed by atoms with van der Waals surface area (Å²) in [5, 5.41) is 5.25. The summed E-state index contributed by atoms with van der Waals surface area (Å²) in [4.78, 5) is 25.3. The van der Waals surface area contributed by atoms with Gasteiger partial charge in [0.1, 0.15) is 0 Å². The molecule has 20 heavy (non-hydrogen) atoms. The van der Waals surface area contributed by atoms with Crippen LogP contribution in [0.15, 0.2) is 24.3 Å². The number of carbonyl (C=O) groups is 2. The summed E-state index contributed by atoms with van der Waals surface area (Å²) in [6.07, 6.45) is 0. The van der Waals surface area contributed by atoms with Crippen molar-refractivity contribution in [3.05, 3.63) is 29.8 Å². The molecule has 2 N–H and O–H groups in total. The van der Waals surface area contributed by atoms with Gasteiger partial charge in [0.2, 0.25) is 5.91 Å². The van der Waals surface area contributed by atoms with E-state index in [2.05, 4.69) is 10.6 Å². The predicted molar refractivity (Wildman–Crippen MR) is 80.9 cm³/mol. The van der Waals surface area contributed by atoms with Crippen LogP contribution in [0.3, 0.4) is 0 Å². The quantitative estimate of drug-likeness (QED) is 0.865. The summed E-state index contributed by atoms with van der Waals surface area (Å²) in [6.45, 7) is 8.18. The van der Waals surface area contributed by atoms with Gasteiger partial charge in [0.15, 0.2) is 0 Å². The van der Waals surface area contributed by atoms with Gasteiger partial charge in [0.05, 0.1) is 6.54 Å². The topological polar surface area (TPSA) is 61.4 Å². The Balaban J connectivity index is 2.62. The molecular formula is C15H23N3O2. The van der Waals surface area contributed by atoms with Crippen LogP contribution in [0.5, 0.6) is 0 Å². The van der Waals surface area contributed by atoms with Crippen LogP contribution < -0.4 is 15.5 Å². The standard InChI is InChI=1S/C15H23N3O2/c1-5-18(13-8-6-7-12(4)9-13)14(19)10-16-15(20)17-11(2)3/h6-9,11H,5,10H2,1-4H3,(H2,16,17,20). The molecule has 5 nitrogen and oxygen atoms in total. The Kier molecular flexibility index (Phi) is 6.03. The van der Waals surface area contributed by atoms with Gasteiger partial charge in [0.25, 0.3) is 0 Å². The van der Waals surface area contributed by atoms with E-state index in [1.165, 1.54) is 0 Å². The second-order valence-corrected chi connectivity index (χ2v) is 4.96. The van der Waals surface area contributed by atoms with Crippen LogP contribution in [0.1, 0.15) is 26.3 Å². The second kappa shape index (κ2) is 7.53. The number of hydrogen-bond acceptors (Lipinski definition) is 2. The summed E-state index contributed by atoms with van der Waals surface area (Å²) >= 11 is 0. The third-order valence-electron chi connectivity index (χ3n) is 2.75. The number of benzene rings is 1. The van der Waals surface area contributed by atoms with Gasteiger partial charge in [-0.05, 0) is 45.4 Å². The third kappa shape index (κ3) is 4.91. The minimum absolute atomic E-state index is 0.0136. The zero-order chi connectivity index (χ0) is 15.1. The van der Waals surface area contributed by atoms with Crippen molar-refractivity contribution in [2.45, 2.75) is 33.7 Å². The molecule has 0 heterocycles. The summed E-state index contributed by atoms with van der Waals surface area (Å²) in [5.41, 5.74) is 1.95. The van der Waals surface area contributed by atoms with Gasteiger partial charge in [-0.15, -0.1) is 0 Å². The van der Waals surface area contributed by atoms with Gasteiger partial charge in [-0.2, -0.15) is 0 Å². The summed E-state index contributed by atoms with van der Waals surface area (Å²) < 4.78 is 0. The lowest BCUT2D eigenvalue weighted by molar-refractivity contribution is -0.117. The highest BCUT2D eigenvalue weighted by molar-refractivity contribution is 5.96. The maximum Gasteiger partial charge on any atom is 0.315 e. The molecule has 1 aromatic carbocycles. The van der Waals surface area contributed by atoms with Crippen molar-refractivity contribution >= 4 is 17.6 Å². The molecule has 0 aliphatic carbocycles. The van der Waals surface area contributed by atoms with E-state index in [-0.39, 0.29) is 24.5 Å². The molecule has 0 radical (unpaired) electrons. The Hall–Kier alpha value is -2.04. The minimum atomic E-state index is -0.325. The first-order valence-corrected chi connectivity index (χ1v) is 6.85. The lowest BCUT2D eigenvalue weighted by atomic mass is 10.2. The monoisotopic (exact) mass is 277 g/mol. The number of amides is 3. The first-order valence-electron chi connectivity index (χ1n) is 6.85. The number of nitrogens with zero attached hydrogens (tertiary/aromatic N) is 1. The predicted octanol–water partition coefficient (Wildman–Crippen LogP) is 2.06. The molecule has 0 spiro atoms. The smallest absolute Gasteiger partial charge is 0.315 e. The van der Waals surface area contributed by atoms with E-state index < -0.39 is 0 Å². The minimum Gasteiger partial charge on any atom is -0.336 e. The fourth-order valence-electron chi connectivity index (χ4n) is 1.86. The molecule has 0 saturated carbocycles. The molecule has 0 aliphatic heterocycles. The van der Waals surface area contributed by atoms with E-state index >= 15 is 0 Å². The van der Waals surface area contributed by atoms with Gasteiger partial charge < -0.3 is 15.5 Å². The molecule has 0 saturated heterocycles. The van der Waals surface area contributed by atoms with Crippen molar-refractivity contribution in [2.24, 2.45) is 0 Å². The Labute approximate surface area is 120 Å². The van der Waals surface area contributed by atoms with Crippen LogP contribution >= 0.6 is 0 Å². The molecular weight excluding hydrogens is 254 g/mol. The fourth-order valence-corrected chi connectivity index (χ4v) is 1.86. The number of anilines is 1. The molecule has 5 heteroatoms. The van der Waals surface area contributed by atoms with Gasteiger partial charge in [-0.25, -0.2) is 4.79 Å². The molecule has 0 unspecified atom stereocenters. The van der Waals surface area contributed by atoms with Crippen molar-refractivity contribution in [1.29, 1.82) is 0 Å². The normalized spacial score (nSPS) is 10.2. The first-order chi connectivity index (χ1) is 9.43. The van der Waals surface area contributed by atoms with Crippen molar-refractivity contribution in [3.8, 4) is 0 Å². The summed E-state index contributed by atoms with van der Waals surface area (Å²) in [6, 6.07) is 7.46. The van der Waals surface area contributed by atoms with Gasteiger partial charge in [-0.3, -0.25) is 4.79 Å². The van der Waals surface area contributed by atoms with Crippen LogP contribution in [0.25, 0.3) is 0 Å². The van der Waals surface area contributed by atoms with Crippen LogP contribution in [0, 0.1) is 6.92 Å². The highest BCUT2D eigenvalue weighted by Gasteiger charge is 2.14. The van der Waals surface area contributed by atoms with Gasteiger partial charge >= 0.3 is 6.03 Å². The van der Waals surface area contributed by atoms with Crippen LogP contribution in [-0.4, -0.2) is 31.1 Å². The van der Waals surface area contributed by atoms with Crippen molar-refractivity contribution in [2.75, 3.05) is 18.0 Å². The van der Waals surface area contributed by atoms with Gasteiger partial charge in [0, 0.05) is 18.3 Å². The molecule has 0 aromatic heterocycles. The van der Waals surface area contributed by atoms with Gasteiger partial charge in [-0.1, -0.05) is 12.1 Å². The van der Waals surface area contributed by atoms with Crippen molar-refractivity contribution in [3.63, 3.8) is 0 Å². The average Bonchev–Trinajstić information content (AvgIpc) is 2.36. The molecule has 3 amide bonds. The van der Waals surface area contributed by atoms with Crippen molar-refractivity contribution in [1.82, 2.24) is 10.6 Å². The SMILES string of the molecule is CCN(C(=O)CNC(=O)NC(C)C)c1cccc(C)c1. The Morgan fingerprint density at radius 1 is 1.30 bits per heavy atom. The lowest BCUT2D eigenvalue weighted by Gasteiger charge is -2.22. The summed E-state index contributed by atoms with van der Waals surface area (Å²) in [7, 11) is 0. The Morgan fingerprint density at radius 2 is 2.00 bits per heavy atom. The van der Waals surface area contributed by atoms with E-state index in [0.717, 1.165) is 11.3 Å². The molecule has 0 fully saturated rings. The number of aryl methyl sites for hydroxylation is 1. The molecule has 0 bridgehead atoms. The van der Waals surface area contributed by atoms with Crippen LogP contribution in [-0.2, 0) is 4.79 Å². The van der Waals surface area contributed by atoms with Crippen LogP contribution in [0.2, 0.25) is 0 Å². The summed E-state index contributed by atoms with van der Waals surface area (Å²) in [5.74, 6) is -0.128. The molecule has 0 atom stereocenters. The third-order valence-corrected chi connectivity index (χ3v) is 2.75. The second-order valence-electron chi connectivity index (χ2n) is 4.96. The number of urea groups is 1. The zero-order valence-corrected chi connectivity index (χ0v) is 12.6.